The third kappa shape index (κ3) is 3.08. The maximum atomic E-state index is 13.1. The zero-order valence-electron chi connectivity index (χ0n) is 16.1. The molecular formula is C21H20N5O4-. The molecule has 0 radical (unpaired) electrons. The topological polar surface area (TPSA) is 118 Å². The first-order chi connectivity index (χ1) is 14.5. The summed E-state index contributed by atoms with van der Waals surface area (Å²) in [7, 11) is 0. The fourth-order valence-corrected chi connectivity index (χ4v) is 4.60. The van der Waals surface area contributed by atoms with Gasteiger partial charge in [0.2, 0.25) is 0 Å². The van der Waals surface area contributed by atoms with Gasteiger partial charge in [-0.3, -0.25) is 19.9 Å². The van der Waals surface area contributed by atoms with E-state index in [2.05, 4.69) is 10.2 Å². The minimum absolute atomic E-state index is 0.00138. The molecule has 5 rings (SSSR count). The molecule has 154 valence electrons. The predicted octanol–water partition coefficient (Wildman–Crippen LogP) is 2.19. The van der Waals surface area contributed by atoms with Gasteiger partial charge in [-0.25, -0.2) is 0 Å². The number of hydrogen-bond acceptors (Lipinski definition) is 6. The second kappa shape index (κ2) is 7.12. The van der Waals surface area contributed by atoms with E-state index >= 15 is 0 Å². The number of aromatic nitrogens is 3. The molecule has 0 spiro atoms. The average molecular weight is 406 g/mol. The summed E-state index contributed by atoms with van der Waals surface area (Å²) in [5.74, 6) is -0.0186. The number of benzene rings is 1. The van der Waals surface area contributed by atoms with E-state index in [1.165, 1.54) is 6.07 Å². The number of likely N-dealkylation sites (tertiary alicyclic amines) is 1. The summed E-state index contributed by atoms with van der Waals surface area (Å²) < 4.78 is 1.56. The number of rotatable bonds is 3. The van der Waals surface area contributed by atoms with Gasteiger partial charge in [0.25, 0.3) is 11.5 Å². The molecule has 9 heteroatoms. The Hall–Kier alpha value is -3.43. The van der Waals surface area contributed by atoms with E-state index in [1.807, 2.05) is 30.3 Å². The first-order valence-corrected chi connectivity index (χ1v) is 9.81. The van der Waals surface area contributed by atoms with Gasteiger partial charge in [-0.15, -0.1) is 0 Å². The van der Waals surface area contributed by atoms with E-state index in [9.17, 15) is 14.8 Å². The molecule has 2 aromatic heterocycles. The normalized spacial score (nSPS) is 20.0. The average Bonchev–Trinajstić information content (AvgIpc) is 3.24. The number of hydrogen-bond donors (Lipinski definition) is 2. The SMILES string of the molecule is O=C(c1cc(-c2ccccc2)n[nH]1)N1CC2C[C@@H](C1)Cn1c2ccc(N([O-])O)c1=O. The minimum Gasteiger partial charge on any atom is -0.733 e. The molecule has 0 aliphatic carbocycles. The highest BCUT2D eigenvalue weighted by atomic mass is 16.8. The van der Waals surface area contributed by atoms with Crippen LogP contribution in [0.2, 0.25) is 0 Å². The number of nitrogens with one attached hydrogen (secondary N) is 1. The van der Waals surface area contributed by atoms with Crippen molar-refractivity contribution >= 4 is 11.6 Å². The lowest BCUT2D eigenvalue weighted by atomic mass is 9.83. The Morgan fingerprint density at radius 2 is 1.97 bits per heavy atom. The third-order valence-electron chi connectivity index (χ3n) is 5.96. The lowest BCUT2D eigenvalue weighted by Crippen LogP contribution is -2.49. The molecule has 3 aromatic rings. The summed E-state index contributed by atoms with van der Waals surface area (Å²) in [6.07, 6.45) is 0.876. The van der Waals surface area contributed by atoms with Crippen molar-refractivity contribution in [2.45, 2.75) is 18.9 Å². The quantitative estimate of drug-likeness (QED) is 0.644. The number of piperidine rings is 1. The molecule has 9 nitrogen and oxygen atoms in total. The fraction of sp³-hybridized carbons (Fsp3) is 0.286. The van der Waals surface area contributed by atoms with Gasteiger partial charge in [0.15, 0.2) is 0 Å². The van der Waals surface area contributed by atoms with E-state index in [0.29, 0.717) is 31.0 Å². The predicted molar refractivity (Wildman–Crippen MR) is 109 cm³/mol. The Labute approximate surface area is 171 Å². The van der Waals surface area contributed by atoms with Crippen LogP contribution in [-0.2, 0) is 6.54 Å². The zero-order chi connectivity index (χ0) is 20.8. The summed E-state index contributed by atoms with van der Waals surface area (Å²) in [5, 5.41) is 27.1. The maximum absolute atomic E-state index is 13.1. The second-order valence-corrected chi connectivity index (χ2v) is 7.87. The zero-order valence-corrected chi connectivity index (χ0v) is 16.1. The molecule has 2 atom stereocenters. The number of carbonyl (C=O) groups is 1. The van der Waals surface area contributed by atoms with E-state index in [-0.39, 0.29) is 23.4 Å². The Bertz CT molecular complexity index is 1150. The van der Waals surface area contributed by atoms with Crippen LogP contribution in [-0.4, -0.2) is 43.9 Å². The van der Waals surface area contributed by atoms with Crippen molar-refractivity contribution in [2.24, 2.45) is 5.92 Å². The van der Waals surface area contributed by atoms with Crippen LogP contribution < -0.4 is 10.8 Å². The van der Waals surface area contributed by atoms with E-state index in [1.54, 1.807) is 21.6 Å². The van der Waals surface area contributed by atoms with Crippen molar-refractivity contribution in [2.75, 3.05) is 18.3 Å². The summed E-state index contributed by atoms with van der Waals surface area (Å²) in [5.41, 5.74) is 2.08. The van der Waals surface area contributed by atoms with Crippen molar-refractivity contribution in [3.63, 3.8) is 0 Å². The largest absolute Gasteiger partial charge is 0.733 e. The van der Waals surface area contributed by atoms with Crippen molar-refractivity contribution in [3.05, 3.63) is 75.5 Å². The summed E-state index contributed by atoms with van der Waals surface area (Å²) in [6, 6.07) is 14.4. The van der Waals surface area contributed by atoms with E-state index in [0.717, 1.165) is 17.7 Å². The van der Waals surface area contributed by atoms with Crippen molar-refractivity contribution < 1.29 is 10.0 Å². The molecule has 30 heavy (non-hydrogen) atoms. The highest BCUT2D eigenvalue weighted by molar-refractivity contribution is 5.93. The molecule has 2 N–H and O–H groups in total. The highest BCUT2D eigenvalue weighted by Gasteiger charge is 2.37. The molecule has 1 saturated heterocycles. The Morgan fingerprint density at radius 1 is 1.17 bits per heavy atom. The molecule has 1 fully saturated rings. The molecule has 4 heterocycles. The van der Waals surface area contributed by atoms with Gasteiger partial charge in [-0.2, -0.15) is 5.10 Å². The van der Waals surface area contributed by atoms with Crippen LogP contribution in [0.4, 0.5) is 5.69 Å². The number of nitrogens with zero attached hydrogens (tertiary/aromatic N) is 4. The Kier molecular flexibility index (Phi) is 4.41. The Morgan fingerprint density at radius 3 is 2.73 bits per heavy atom. The van der Waals surface area contributed by atoms with Crippen LogP contribution in [0.1, 0.15) is 28.5 Å². The number of pyridine rings is 1. The molecule has 2 aliphatic rings. The van der Waals surface area contributed by atoms with Gasteiger partial charge < -0.3 is 19.9 Å². The van der Waals surface area contributed by atoms with Crippen molar-refractivity contribution in [1.82, 2.24) is 19.7 Å². The van der Waals surface area contributed by atoms with Gasteiger partial charge in [0.1, 0.15) is 11.4 Å². The number of amides is 1. The molecule has 1 aromatic carbocycles. The van der Waals surface area contributed by atoms with Crippen LogP contribution in [0, 0.1) is 11.1 Å². The minimum atomic E-state index is -0.499. The smallest absolute Gasteiger partial charge is 0.275 e. The number of fused-ring (bicyclic) bond motifs is 4. The van der Waals surface area contributed by atoms with Crippen LogP contribution >= 0.6 is 0 Å². The summed E-state index contributed by atoms with van der Waals surface area (Å²) in [4.78, 5) is 27.4. The lowest BCUT2D eigenvalue weighted by Gasteiger charge is -2.43. The van der Waals surface area contributed by atoms with E-state index in [4.69, 9.17) is 5.21 Å². The molecule has 2 bridgehead atoms. The number of carbonyl (C=O) groups excluding carboxylic acids is 1. The molecule has 1 unspecified atom stereocenters. The first kappa shape index (κ1) is 18.6. The number of aromatic amines is 1. The Balaban J connectivity index is 1.39. The van der Waals surface area contributed by atoms with Gasteiger partial charge >= 0.3 is 0 Å². The number of H-pyrrole nitrogens is 1. The van der Waals surface area contributed by atoms with Crippen LogP contribution in [0.15, 0.2) is 53.3 Å². The van der Waals surface area contributed by atoms with Gasteiger partial charge in [-0.05, 0) is 30.5 Å². The van der Waals surface area contributed by atoms with E-state index < -0.39 is 10.8 Å². The summed E-state index contributed by atoms with van der Waals surface area (Å²) in [6.45, 7) is 1.41. The third-order valence-corrected chi connectivity index (χ3v) is 5.96. The van der Waals surface area contributed by atoms with Gasteiger partial charge in [0.05, 0.1) is 5.69 Å². The second-order valence-electron chi connectivity index (χ2n) is 7.87. The lowest BCUT2D eigenvalue weighted by molar-refractivity contribution is 0.0588. The monoisotopic (exact) mass is 406 g/mol. The maximum Gasteiger partial charge on any atom is 0.275 e. The first-order valence-electron chi connectivity index (χ1n) is 9.81. The highest BCUT2D eigenvalue weighted by Crippen LogP contribution is 2.36. The standard InChI is InChI=1S/C21H20N5O4/c27-20(17-9-16(22-23-17)14-4-2-1-3-5-14)24-10-13-8-15(12-24)18-6-7-19(26(29)30)21(28)25(18)11-13/h1-7,9,13,15,29H,8,10-12H2,(H,22,23)/q-1/t13-,15?/m0/s1. The molecule has 0 saturated carbocycles. The van der Waals surface area contributed by atoms with Gasteiger partial charge in [-0.1, -0.05) is 30.3 Å². The van der Waals surface area contributed by atoms with Crippen molar-refractivity contribution in [1.29, 1.82) is 0 Å². The molecular weight excluding hydrogens is 386 g/mol. The van der Waals surface area contributed by atoms with Crippen LogP contribution in [0.25, 0.3) is 11.3 Å². The van der Waals surface area contributed by atoms with Crippen LogP contribution in [0.3, 0.4) is 0 Å². The van der Waals surface area contributed by atoms with Crippen LogP contribution in [0.5, 0.6) is 0 Å². The van der Waals surface area contributed by atoms with Crippen molar-refractivity contribution in [3.8, 4) is 11.3 Å². The van der Waals surface area contributed by atoms with Gasteiger partial charge in [0, 0.05) is 36.8 Å². The fourth-order valence-electron chi connectivity index (χ4n) is 4.60. The molecule has 2 aliphatic heterocycles. The molecule has 1 amide bonds. The summed E-state index contributed by atoms with van der Waals surface area (Å²) >= 11 is 0. The number of anilines is 1.